The standard InChI is InChI=1S/C34H24N4O/c35-19-22-8-6-10-25-30-26(11-7-12-27(30)34(31(22)25)16-4-1-5-17-34)33-37-20-36-32(38-33)21-14-15-24-23-9-2-3-13-28(23)39-29(24)18-21/h2-3,6-15,18,20H,1,4-5,16-17H2. The van der Waals surface area contributed by atoms with E-state index in [1.807, 2.05) is 42.5 Å². The minimum absolute atomic E-state index is 0.118. The maximum atomic E-state index is 10.1. The third-order valence-electron chi connectivity index (χ3n) is 8.67. The summed E-state index contributed by atoms with van der Waals surface area (Å²) in [5.74, 6) is 1.25. The Labute approximate surface area is 225 Å². The number of hydrogen-bond donors (Lipinski definition) is 0. The van der Waals surface area contributed by atoms with Crippen molar-refractivity contribution in [2.75, 3.05) is 0 Å². The van der Waals surface area contributed by atoms with Gasteiger partial charge in [-0.2, -0.15) is 5.26 Å². The smallest absolute Gasteiger partial charge is 0.164 e. The van der Waals surface area contributed by atoms with Crippen LogP contribution in [0.5, 0.6) is 0 Å². The second-order valence-electron chi connectivity index (χ2n) is 10.7. The second-order valence-corrected chi connectivity index (χ2v) is 10.7. The first-order chi connectivity index (χ1) is 19.3. The molecular weight excluding hydrogens is 480 g/mol. The van der Waals surface area contributed by atoms with Gasteiger partial charge in [0.25, 0.3) is 0 Å². The summed E-state index contributed by atoms with van der Waals surface area (Å²) in [6.45, 7) is 0. The maximum absolute atomic E-state index is 10.1. The van der Waals surface area contributed by atoms with Crippen LogP contribution in [-0.2, 0) is 5.41 Å². The van der Waals surface area contributed by atoms with Gasteiger partial charge < -0.3 is 4.42 Å². The Kier molecular flexibility index (Phi) is 4.75. The Bertz CT molecular complexity index is 1970. The van der Waals surface area contributed by atoms with Crippen molar-refractivity contribution < 1.29 is 4.42 Å². The van der Waals surface area contributed by atoms with Crippen LogP contribution in [0.25, 0.3) is 55.8 Å². The molecule has 0 atom stereocenters. The lowest BCUT2D eigenvalue weighted by molar-refractivity contribution is 0.352. The summed E-state index contributed by atoms with van der Waals surface area (Å²) < 4.78 is 6.12. The van der Waals surface area contributed by atoms with Crippen molar-refractivity contribution >= 4 is 21.9 Å². The summed E-state index contributed by atoms with van der Waals surface area (Å²) in [7, 11) is 0. The number of rotatable bonds is 2. The molecule has 8 rings (SSSR count). The van der Waals surface area contributed by atoms with Crippen LogP contribution < -0.4 is 0 Å². The van der Waals surface area contributed by atoms with Crippen LogP contribution in [0, 0.1) is 11.3 Å². The number of nitriles is 1. The summed E-state index contributed by atoms with van der Waals surface area (Å²) in [5, 5.41) is 12.2. The van der Waals surface area contributed by atoms with Gasteiger partial charge in [-0.1, -0.05) is 73.9 Å². The van der Waals surface area contributed by atoms with Gasteiger partial charge in [0.15, 0.2) is 11.6 Å². The molecule has 0 bridgehead atoms. The molecule has 0 radical (unpaired) electrons. The molecule has 0 saturated heterocycles. The van der Waals surface area contributed by atoms with Gasteiger partial charge in [0, 0.05) is 27.3 Å². The van der Waals surface area contributed by atoms with Crippen molar-refractivity contribution in [3.8, 4) is 40.0 Å². The molecule has 2 aromatic heterocycles. The van der Waals surface area contributed by atoms with E-state index in [2.05, 4.69) is 52.4 Å². The van der Waals surface area contributed by atoms with Gasteiger partial charge in [-0.15, -0.1) is 0 Å². The van der Waals surface area contributed by atoms with Crippen LogP contribution in [-0.4, -0.2) is 15.0 Å². The molecule has 2 heterocycles. The molecule has 0 unspecified atom stereocenters. The number of aromatic nitrogens is 3. The van der Waals surface area contributed by atoms with Crippen LogP contribution >= 0.6 is 0 Å². The van der Waals surface area contributed by atoms with E-state index >= 15 is 0 Å². The fourth-order valence-electron chi connectivity index (χ4n) is 7.04. The van der Waals surface area contributed by atoms with E-state index in [0.717, 1.165) is 62.6 Å². The summed E-state index contributed by atoms with van der Waals surface area (Å²) in [6, 6.07) is 29.3. The summed E-state index contributed by atoms with van der Waals surface area (Å²) >= 11 is 0. The van der Waals surface area contributed by atoms with Crippen molar-refractivity contribution in [2.24, 2.45) is 0 Å². The molecule has 0 amide bonds. The molecule has 5 heteroatoms. The fraction of sp³-hybridized carbons (Fsp3) is 0.176. The van der Waals surface area contributed by atoms with Gasteiger partial charge in [0.1, 0.15) is 17.5 Å². The van der Waals surface area contributed by atoms with E-state index in [4.69, 9.17) is 9.40 Å². The lowest BCUT2D eigenvalue weighted by Gasteiger charge is -2.36. The van der Waals surface area contributed by atoms with Crippen LogP contribution in [0.3, 0.4) is 0 Å². The predicted octanol–water partition coefficient (Wildman–Crippen LogP) is 8.21. The highest BCUT2D eigenvalue weighted by atomic mass is 16.3. The monoisotopic (exact) mass is 504 g/mol. The van der Waals surface area contributed by atoms with Crippen molar-refractivity contribution in [3.05, 3.63) is 102 Å². The maximum Gasteiger partial charge on any atom is 0.164 e. The third kappa shape index (κ3) is 3.15. The average Bonchev–Trinajstić information content (AvgIpc) is 3.51. The average molecular weight is 505 g/mol. The Morgan fingerprint density at radius 2 is 1.54 bits per heavy atom. The Balaban J connectivity index is 1.30. The molecule has 1 fully saturated rings. The number of hydrogen-bond acceptors (Lipinski definition) is 5. The molecule has 6 aromatic rings. The van der Waals surface area contributed by atoms with E-state index in [1.165, 1.54) is 30.4 Å². The quantitative estimate of drug-likeness (QED) is 0.237. The fourth-order valence-corrected chi connectivity index (χ4v) is 7.04. The van der Waals surface area contributed by atoms with E-state index < -0.39 is 0 Å². The van der Waals surface area contributed by atoms with Crippen LogP contribution in [0.1, 0.15) is 48.8 Å². The first-order valence-corrected chi connectivity index (χ1v) is 13.6. The Hall–Kier alpha value is -4.82. The molecule has 2 aliphatic carbocycles. The zero-order valence-corrected chi connectivity index (χ0v) is 21.3. The molecule has 186 valence electrons. The topological polar surface area (TPSA) is 75.6 Å². The molecule has 0 N–H and O–H groups in total. The Morgan fingerprint density at radius 3 is 2.44 bits per heavy atom. The minimum atomic E-state index is -0.118. The number of fused-ring (bicyclic) bond motifs is 8. The second kappa shape index (κ2) is 8.34. The normalized spacial score (nSPS) is 15.4. The first kappa shape index (κ1) is 22.2. The van der Waals surface area contributed by atoms with Crippen LogP contribution in [0.4, 0.5) is 0 Å². The molecular formula is C34H24N4O. The van der Waals surface area contributed by atoms with E-state index in [0.29, 0.717) is 11.6 Å². The van der Waals surface area contributed by atoms with E-state index in [1.54, 1.807) is 6.33 Å². The van der Waals surface area contributed by atoms with Gasteiger partial charge in [-0.05, 0) is 59.4 Å². The predicted molar refractivity (Wildman–Crippen MR) is 152 cm³/mol. The molecule has 1 spiro atoms. The molecule has 5 nitrogen and oxygen atoms in total. The van der Waals surface area contributed by atoms with E-state index in [-0.39, 0.29) is 5.41 Å². The van der Waals surface area contributed by atoms with Gasteiger partial charge in [-0.25, -0.2) is 15.0 Å². The Morgan fingerprint density at radius 1 is 0.744 bits per heavy atom. The van der Waals surface area contributed by atoms with Gasteiger partial charge >= 0.3 is 0 Å². The molecule has 4 aromatic carbocycles. The molecule has 1 saturated carbocycles. The lowest BCUT2D eigenvalue weighted by atomic mass is 9.67. The van der Waals surface area contributed by atoms with Crippen LogP contribution in [0.2, 0.25) is 0 Å². The number of furan rings is 1. The van der Waals surface area contributed by atoms with Crippen molar-refractivity contribution in [1.29, 1.82) is 5.26 Å². The molecule has 39 heavy (non-hydrogen) atoms. The zero-order chi connectivity index (χ0) is 26.0. The zero-order valence-electron chi connectivity index (χ0n) is 21.3. The van der Waals surface area contributed by atoms with E-state index in [9.17, 15) is 5.26 Å². The lowest BCUT2D eigenvalue weighted by Crippen LogP contribution is -2.29. The number of benzene rings is 4. The summed E-state index contributed by atoms with van der Waals surface area (Å²) in [6.07, 6.45) is 7.31. The van der Waals surface area contributed by atoms with Crippen LogP contribution in [0.15, 0.2) is 89.6 Å². The largest absolute Gasteiger partial charge is 0.456 e. The van der Waals surface area contributed by atoms with Gasteiger partial charge in [0.05, 0.1) is 11.6 Å². The summed E-state index contributed by atoms with van der Waals surface area (Å²) in [4.78, 5) is 14.2. The van der Waals surface area contributed by atoms with Crippen molar-refractivity contribution in [3.63, 3.8) is 0 Å². The van der Waals surface area contributed by atoms with Crippen molar-refractivity contribution in [2.45, 2.75) is 37.5 Å². The highest BCUT2D eigenvalue weighted by Gasteiger charge is 2.46. The molecule has 2 aliphatic rings. The highest BCUT2D eigenvalue weighted by molar-refractivity contribution is 6.05. The minimum Gasteiger partial charge on any atom is -0.456 e. The first-order valence-electron chi connectivity index (χ1n) is 13.6. The van der Waals surface area contributed by atoms with Gasteiger partial charge in [0.2, 0.25) is 0 Å². The number of para-hydroxylation sites is 1. The summed E-state index contributed by atoms with van der Waals surface area (Å²) in [5.41, 5.74) is 9.03. The van der Waals surface area contributed by atoms with Crippen molar-refractivity contribution in [1.82, 2.24) is 15.0 Å². The number of nitrogens with zero attached hydrogens (tertiary/aromatic N) is 4. The molecule has 0 aliphatic heterocycles. The SMILES string of the molecule is N#Cc1cccc2c1C1(CCCCC1)c1cccc(-c3ncnc(-c4ccc5c(c4)oc4ccccc45)n3)c1-2. The van der Waals surface area contributed by atoms with Gasteiger partial charge in [-0.3, -0.25) is 0 Å². The third-order valence-corrected chi connectivity index (χ3v) is 8.67. The highest BCUT2D eigenvalue weighted by Crippen LogP contribution is 2.58.